The van der Waals surface area contributed by atoms with Gasteiger partial charge >= 0.3 is 0 Å². The van der Waals surface area contributed by atoms with Gasteiger partial charge in [0.05, 0.1) is 7.11 Å². The Morgan fingerprint density at radius 2 is 1.91 bits per heavy atom. The van der Waals surface area contributed by atoms with Crippen LogP contribution in [0.25, 0.3) is 0 Å². The monoisotopic (exact) mass is 366 g/mol. The van der Waals surface area contributed by atoms with Crippen LogP contribution in [0.3, 0.4) is 0 Å². The Balaban J connectivity index is 0.00000242. The molecule has 1 N–H and O–H groups in total. The highest BCUT2D eigenvalue weighted by Crippen LogP contribution is 2.34. The summed E-state index contributed by atoms with van der Waals surface area (Å²) >= 11 is 0. The zero-order valence-electron chi connectivity index (χ0n) is 14.0. The van der Waals surface area contributed by atoms with Crippen LogP contribution in [-0.2, 0) is 0 Å². The molecule has 0 radical (unpaired) electrons. The molecule has 0 bridgehead atoms. The number of methoxy groups -OCH3 is 1. The molecule has 6 heteroatoms. The number of nitrogens with zero attached hydrogens (tertiary/aromatic N) is 1. The van der Waals surface area contributed by atoms with Crippen molar-refractivity contribution in [1.82, 2.24) is 10.2 Å². The van der Waals surface area contributed by atoms with Gasteiger partial charge in [-0.1, -0.05) is 26.2 Å². The summed E-state index contributed by atoms with van der Waals surface area (Å²) in [7, 11) is 1.66. The zero-order valence-corrected chi connectivity index (χ0v) is 15.6. The maximum atomic E-state index is 13.7. The van der Waals surface area contributed by atoms with Crippen molar-refractivity contribution in [2.24, 2.45) is 0 Å². The lowest BCUT2D eigenvalue weighted by Crippen LogP contribution is -2.45. The quantitative estimate of drug-likeness (QED) is 0.731. The minimum absolute atomic E-state index is 0. The molecule has 1 heterocycles. The van der Waals surface area contributed by atoms with Gasteiger partial charge in [0.2, 0.25) is 0 Å². The first-order valence-electron chi connectivity index (χ1n) is 8.04. The second kappa shape index (κ2) is 11.9. The van der Waals surface area contributed by atoms with E-state index in [-0.39, 0.29) is 36.7 Å². The van der Waals surface area contributed by atoms with Crippen LogP contribution in [0.15, 0.2) is 18.2 Å². The molecular formula is C17H29Cl2FN2O. The van der Waals surface area contributed by atoms with Crippen molar-refractivity contribution in [3.05, 3.63) is 29.6 Å². The molecule has 0 amide bonds. The first-order chi connectivity index (χ1) is 10.3. The molecule has 1 atom stereocenters. The Labute approximate surface area is 151 Å². The van der Waals surface area contributed by atoms with Crippen LogP contribution in [0.4, 0.5) is 4.39 Å². The van der Waals surface area contributed by atoms with Crippen LogP contribution in [0.5, 0.6) is 5.75 Å². The van der Waals surface area contributed by atoms with Gasteiger partial charge in [0.25, 0.3) is 0 Å². The molecule has 0 saturated carbocycles. The SMILES string of the molecule is CCCCC[C@@H](c1cc(F)ccc1OC)N1CCNCC1.Cl.Cl. The van der Waals surface area contributed by atoms with Gasteiger partial charge in [-0.3, -0.25) is 4.90 Å². The molecule has 1 saturated heterocycles. The van der Waals surface area contributed by atoms with Gasteiger partial charge < -0.3 is 10.1 Å². The number of halogens is 3. The van der Waals surface area contributed by atoms with Crippen molar-refractivity contribution < 1.29 is 9.13 Å². The van der Waals surface area contributed by atoms with Crippen molar-refractivity contribution in [2.45, 2.75) is 38.6 Å². The van der Waals surface area contributed by atoms with Crippen LogP contribution >= 0.6 is 24.8 Å². The van der Waals surface area contributed by atoms with E-state index in [1.165, 1.54) is 25.3 Å². The summed E-state index contributed by atoms with van der Waals surface area (Å²) < 4.78 is 19.2. The third-order valence-corrected chi connectivity index (χ3v) is 4.22. The smallest absolute Gasteiger partial charge is 0.123 e. The lowest BCUT2D eigenvalue weighted by molar-refractivity contribution is 0.159. The Kier molecular flexibility index (Phi) is 11.6. The first-order valence-corrected chi connectivity index (χ1v) is 8.04. The molecule has 134 valence electrons. The Morgan fingerprint density at radius 1 is 1.22 bits per heavy atom. The van der Waals surface area contributed by atoms with E-state index >= 15 is 0 Å². The number of benzene rings is 1. The normalized spacial score (nSPS) is 16.1. The standard InChI is InChI=1S/C17H27FN2O.2ClH/c1-3-4-5-6-16(20-11-9-19-10-12-20)15-13-14(18)7-8-17(15)21-2;;/h7-8,13,16,19H,3-6,9-12H2,1-2H3;2*1H/t16-;;/m0../s1. The largest absolute Gasteiger partial charge is 0.496 e. The fourth-order valence-corrected chi connectivity index (χ4v) is 3.08. The Hall–Kier alpha value is -0.550. The molecular weight excluding hydrogens is 338 g/mol. The predicted octanol–water partition coefficient (Wildman–Crippen LogP) is 4.20. The third-order valence-electron chi connectivity index (χ3n) is 4.22. The minimum Gasteiger partial charge on any atom is -0.496 e. The lowest BCUT2D eigenvalue weighted by Gasteiger charge is -2.36. The van der Waals surface area contributed by atoms with Crippen LogP contribution in [0, 0.1) is 5.82 Å². The topological polar surface area (TPSA) is 24.5 Å². The highest BCUT2D eigenvalue weighted by molar-refractivity contribution is 5.85. The van der Waals surface area contributed by atoms with Crippen molar-refractivity contribution in [1.29, 1.82) is 0 Å². The van der Waals surface area contributed by atoms with Crippen molar-refractivity contribution in [2.75, 3.05) is 33.3 Å². The van der Waals surface area contributed by atoms with Crippen LogP contribution in [0.2, 0.25) is 0 Å². The van der Waals surface area contributed by atoms with E-state index in [0.717, 1.165) is 43.9 Å². The average Bonchev–Trinajstić information content (AvgIpc) is 2.52. The fourth-order valence-electron chi connectivity index (χ4n) is 3.08. The number of unbranched alkanes of at least 4 members (excludes halogenated alkanes) is 2. The van der Waals surface area contributed by atoms with Gasteiger partial charge in [-0.05, 0) is 24.6 Å². The molecule has 0 aliphatic carbocycles. The van der Waals surface area contributed by atoms with Crippen LogP contribution < -0.4 is 10.1 Å². The summed E-state index contributed by atoms with van der Waals surface area (Å²) in [5.74, 6) is 0.623. The number of nitrogens with one attached hydrogen (secondary N) is 1. The summed E-state index contributed by atoms with van der Waals surface area (Å²) in [5, 5.41) is 3.38. The van der Waals surface area contributed by atoms with E-state index < -0.39 is 0 Å². The van der Waals surface area contributed by atoms with E-state index in [2.05, 4.69) is 17.1 Å². The molecule has 1 aliphatic heterocycles. The number of ether oxygens (including phenoxy) is 1. The van der Waals surface area contributed by atoms with Crippen molar-refractivity contribution in [3.63, 3.8) is 0 Å². The predicted molar refractivity (Wildman–Crippen MR) is 98.8 cm³/mol. The van der Waals surface area contributed by atoms with Gasteiger partial charge in [-0.15, -0.1) is 24.8 Å². The number of rotatable bonds is 7. The van der Waals surface area contributed by atoms with E-state index in [4.69, 9.17) is 4.74 Å². The molecule has 1 aliphatic rings. The molecule has 3 nitrogen and oxygen atoms in total. The highest BCUT2D eigenvalue weighted by atomic mass is 35.5. The third kappa shape index (κ3) is 6.46. The molecule has 0 spiro atoms. The van der Waals surface area contributed by atoms with E-state index in [0.29, 0.717) is 0 Å². The van der Waals surface area contributed by atoms with Crippen molar-refractivity contribution >= 4 is 24.8 Å². The van der Waals surface area contributed by atoms with Crippen molar-refractivity contribution in [3.8, 4) is 5.75 Å². The molecule has 1 aromatic carbocycles. The Morgan fingerprint density at radius 3 is 2.52 bits per heavy atom. The summed E-state index contributed by atoms with van der Waals surface area (Å²) in [5.41, 5.74) is 0.996. The first kappa shape index (κ1) is 22.4. The fraction of sp³-hybridized carbons (Fsp3) is 0.647. The molecule has 23 heavy (non-hydrogen) atoms. The molecule has 2 rings (SSSR count). The number of hydrogen-bond donors (Lipinski definition) is 1. The van der Waals surface area contributed by atoms with Crippen LogP contribution in [-0.4, -0.2) is 38.2 Å². The summed E-state index contributed by atoms with van der Waals surface area (Å²) in [6.07, 6.45) is 4.66. The maximum absolute atomic E-state index is 13.7. The number of piperazine rings is 1. The van der Waals surface area contributed by atoms with Gasteiger partial charge in [-0.2, -0.15) is 0 Å². The minimum atomic E-state index is -0.179. The Bertz CT molecular complexity index is 443. The highest BCUT2D eigenvalue weighted by Gasteiger charge is 2.24. The summed E-state index contributed by atoms with van der Waals surface area (Å²) in [6, 6.07) is 5.13. The van der Waals surface area contributed by atoms with E-state index in [1.807, 2.05) is 0 Å². The van der Waals surface area contributed by atoms with Gasteiger partial charge in [0.15, 0.2) is 0 Å². The molecule has 0 unspecified atom stereocenters. The maximum Gasteiger partial charge on any atom is 0.123 e. The molecule has 1 fully saturated rings. The summed E-state index contributed by atoms with van der Waals surface area (Å²) in [4.78, 5) is 2.46. The van der Waals surface area contributed by atoms with Gasteiger partial charge in [0.1, 0.15) is 11.6 Å². The summed E-state index contributed by atoms with van der Waals surface area (Å²) in [6.45, 7) is 6.24. The number of hydrogen-bond acceptors (Lipinski definition) is 3. The zero-order chi connectivity index (χ0) is 15.1. The van der Waals surface area contributed by atoms with E-state index in [1.54, 1.807) is 19.2 Å². The molecule has 1 aromatic rings. The van der Waals surface area contributed by atoms with Crippen LogP contribution in [0.1, 0.15) is 44.2 Å². The van der Waals surface area contributed by atoms with Gasteiger partial charge in [0, 0.05) is 37.8 Å². The second-order valence-electron chi connectivity index (χ2n) is 5.68. The second-order valence-corrected chi connectivity index (χ2v) is 5.68. The van der Waals surface area contributed by atoms with Gasteiger partial charge in [-0.25, -0.2) is 4.39 Å². The lowest BCUT2D eigenvalue weighted by atomic mass is 9.97. The molecule has 0 aromatic heterocycles. The average molecular weight is 367 g/mol. The van der Waals surface area contributed by atoms with E-state index in [9.17, 15) is 4.39 Å².